The lowest BCUT2D eigenvalue weighted by Crippen LogP contribution is -2.26. The number of oxazole rings is 1. The van der Waals surface area contributed by atoms with Crippen LogP contribution in [0.1, 0.15) is 24.5 Å². The Kier molecular flexibility index (Phi) is 3.83. The molecule has 1 N–H and O–H groups in total. The monoisotopic (exact) mass is 259 g/mol. The average molecular weight is 259 g/mol. The number of rotatable bonds is 4. The number of aliphatic hydroxyl groups excluding tert-OH is 1. The lowest BCUT2D eigenvalue weighted by atomic mass is 10.0. The first kappa shape index (κ1) is 12.6. The van der Waals surface area contributed by atoms with Crippen LogP contribution in [-0.4, -0.2) is 36.6 Å². The third kappa shape index (κ3) is 3.54. The largest absolute Gasteiger partial charge is 0.446 e. The number of aromatic nitrogens is 1. The average Bonchev–Trinajstić information content (AvgIpc) is 2.64. The SMILES string of the molecule is O=S1(=O)CCCC(Cc2ncc(CCO)o2)C1. The van der Waals surface area contributed by atoms with Crippen molar-refractivity contribution in [2.45, 2.75) is 25.7 Å². The van der Waals surface area contributed by atoms with Gasteiger partial charge in [0.25, 0.3) is 0 Å². The summed E-state index contributed by atoms with van der Waals surface area (Å²) in [6, 6.07) is 0. The highest BCUT2D eigenvalue weighted by Crippen LogP contribution is 2.22. The molecule has 6 heteroatoms. The summed E-state index contributed by atoms with van der Waals surface area (Å²) in [6.45, 7) is 0.0342. The van der Waals surface area contributed by atoms with Crippen LogP contribution in [0.4, 0.5) is 0 Å². The molecule has 1 aliphatic heterocycles. The summed E-state index contributed by atoms with van der Waals surface area (Å²) < 4.78 is 28.4. The van der Waals surface area contributed by atoms with Gasteiger partial charge in [-0.25, -0.2) is 13.4 Å². The molecule has 1 saturated heterocycles. The standard InChI is InChI=1S/C11H17NO4S/c13-4-3-10-7-12-11(16-10)6-9-2-1-5-17(14,15)8-9/h7,9,13H,1-6,8H2. The molecule has 0 amide bonds. The highest BCUT2D eigenvalue weighted by molar-refractivity contribution is 7.91. The van der Waals surface area contributed by atoms with E-state index in [1.54, 1.807) is 6.20 Å². The zero-order valence-corrected chi connectivity index (χ0v) is 10.4. The summed E-state index contributed by atoms with van der Waals surface area (Å²) in [5.41, 5.74) is 0. The molecular formula is C11H17NO4S. The predicted octanol–water partition coefficient (Wildman–Crippen LogP) is 0.577. The molecule has 0 radical (unpaired) electrons. The summed E-state index contributed by atoms with van der Waals surface area (Å²) in [6.07, 6.45) is 4.28. The van der Waals surface area contributed by atoms with E-state index in [-0.39, 0.29) is 18.3 Å². The Balaban J connectivity index is 1.95. The molecule has 0 spiro atoms. The van der Waals surface area contributed by atoms with Gasteiger partial charge in [-0.05, 0) is 18.8 Å². The number of nitrogens with zero attached hydrogens (tertiary/aromatic N) is 1. The Labute approximate surface area is 101 Å². The normalized spacial score (nSPS) is 23.7. The third-order valence-electron chi connectivity index (χ3n) is 2.98. The summed E-state index contributed by atoms with van der Waals surface area (Å²) in [4.78, 5) is 4.10. The predicted molar refractivity (Wildman–Crippen MR) is 62.4 cm³/mol. The quantitative estimate of drug-likeness (QED) is 0.855. The van der Waals surface area contributed by atoms with Crippen LogP contribution in [0.5, 0.6) is 0 Å². The van der Waals surface area contributed by atoms with Gasteiger partial charge in [-0.1, -0.05) is 0 Å². The molecule has 17 heavy (non-hydrogen) atoms. The van der Waals surface area contributed by atoms with Gasteiger partial charge in [0, 0.05) is 12.8 Å². The van der Waals surface area contributed by atoms with Gasteiger partial charge in [0.1, 0.15) is 5.76 Å². The molecule has 0 aromatic carbocycles. The fourth-order valence-corrected chi connectivity index (χ4v) is 3.97. The molecule has 1 fully saturated rings. The summed E-state index contributed by atoms with van der Waals surface area (Å²) in [7, 11) is -2.86. The molecule has 1 aromatic rings. The van der Waals surface area contributed by atoms with E-state index in [9.17, 15) is 8.42 Å². The topological polar surface area (TPSA) is 80.4 Å². The van der Waals surface area contributed by atoms with Crippen molar-refractivity contribution in [3.63, 3.8) is 0 Å². The summed E-state index contributed by atoms with van der Waals surface area (Å²) >= 11 is 0. The van der Waals surface area contributed by atoms with Crippen molar-refractivity contribution < 1.29 is 17.9 Å². The Hall–Kier alpha value is -0.880. The minimum atomic E-state index is -2.86. The number of sulfone groups is 1. The second-order valence-corrected chi connectivity index (χ2v) is 6.75. The first-order chi connectivity index (χ1) is 8.09. The van der Waals surface area contributed by atoms with Gasteiger partial charge in [-0.3, -0.25) is 0 Å². The van der Waals surface area contributed by atoms with Crippen LogP contribution >= 0.6 is 0 Å². The Morgan fingerprint density at radius 3 is 3.06 bits per heavy atom. The van der Waals surface area contributed by atoms with Crippen LogP contribution in [-0.2, 0) is 22.7 Å². The number of hydrogen-bond acceptors (Lipinski definition) is 5. The molecular weight excluding hydrogens is 242 g/mol. The van der Waals surface area contributed by atoms with Gasteiger partial charge in [0.2, 0.25) is 0 Å². The van der Waals surface area contributed by atoms with E-state index in [2.05, 4.69) is 4.98 Å². The van der Waals surface area contributed by atoms with Gasteiger partial charge in [0.15, 0.2) is 15.7 Å². The molecule has 0 aliphatic carbocycles. The van der Waals surface area contributed by atoms with Crippen LogP contribution < -0.4 is 0 Å². The van der Waals surface area contributed by atoms with Crippen molar-refractivity contribution >= 4 is 9.84 Å². The van der Waals surface area contributed by atoms with Gasteiger partial charge < -0.3 is 9.52 Å². The molecule has 1 unspecified atom stereocenters. The van der Waals surface area contributed by atoms with Crippen molar-refractivity contribution in [2.24, 2.45) is 5.92 Å². The van der Waals surface area contributed by atoms with Crippen LogP contribution in [0.15, 0.2) is 10.6 Å². The minimum Gasteiger partial charge on any atom is -0.446 e. The molecule has 2 heterocycles. The molecule has 1 atom stereocenters. The van der Waals surface area contributed by atoms with E-state index >= 15 is 0 Å². The second kappa shape index (κ2) is 5.18. The summed E-state index contributed by atoms with van der Waals surface area (Å²) in [5, 5.41) is 8.75. The fraction of sp³-hybridized carbons (Fsp3) is 0.727. The van der Waals surface area contributed by atoms with E-state index < -0.39 is 9.84 Å². The maximum Gasteiger partial charge on any atom is 0.194 e. The van der Waals surface area contributed by atoms with Gasteiger partial charge in [-0.2, -0.15) is 0 Å². The first-order valence-electron chi connectivity index (χ1n) is 5.84. The van der Waals surface area contributed by atoms with Crippen molar-refractivity contribution in [3.05, 3.63) is 17.8 Å². The van der Waals surface area contributed by atoms with E-state index in [1.807, 2.05) is 0 Å². The van der Waals surface area contributed by atoms with Gasteiger partial charge in [-0.15, -0.1) is 0 Å². The lowest BCUT2D eigenvalue weighted by molar-refractivity contribution is 0.284. The van der Waals surface area contributed by atoms with Crippen LogP contribution in [0.25, 0.3) is 0 Å². The van der Waals surface area contributed by atoms with E-state index in [1.165, 1.54) is 0 Å². The Morgan fingerprint density at radius 1 is 1.53 bits per heavy atom. The van der Waals surface area contributed by atoms with E-state index in [0.29, 0.717) is 30.2 Å². The summed E-state index contributed by atoms with van der Waals surface area (Å²) in [5.74, 6) is 1.90. The van der Waals surface area contributed by atoms with Crippen molar-refractivity contribution in [2.75, 3.05) is 18.1 Å². The molecule has 5 nitrogen and oxygen atoms in total. The Bertz CT molecular complexity index is 466. The zero-order valence-electron chi connectivity index (χ0n) is 9.63. The highest BCUT2D eigenvalue weighted by atomic mass is 32.2. The number of hydrogen-bond donors (Lipinski definition) is 1. The van der Waals surface area contributed by atoms with Gasteiger partial charge in [0.05, 0.1) is 24.3 Å². The zero-order chi connectivity index (χ0) is 12.3. The second-order valence-electron chi connectivity index (χ2n) is 4.52. The first-order valence-corrected chi connectivity index (χ1v) is 7.66. The highest BCUT2D eigenvalue weighted by Gasteiger charge is 2.26. The van der Waals surface area contributed by atoms with Gasteiger partial charge >= 0.3 is 0 Å². The molecule has 0 bridgehead atoms. The molecule has 0 saturated carbocycles. The molecule has 96 valence electrons. The third-order valence-corrected chi connectivity index (χ3v) is 4.87. The molecule has 1 aromatic heterocycles. The lowest BCUT2D eigenvalue weighted by Gasteiger charge is -2.20. The van der Waals surface area contributed by atoms with Crippen LogP contribution in [0, 0.1) is 5.92 Å². The molecule has 1 aliphatic rings. The van der Waals surface area contributed by atoms with E-state index in [4.69, 9.17) is 9.52 Å². The van der Waals surface area contributed by atoms with Crippen LogP contribution in [0.2, 0.25) is 0 Å². The van der Waals surface area contributed by atoms with Crippen molar-refractivity contribution in [3.8, 4) is 0 Å². The fourth-order valence-electron chi connectivity index (χ4n) is 2.19. The maximum atomic E-state index is 11.5. The van der Waals surface area contributed by atoms with Crippen LogP contribution in [0.3, 0.4) is 0 Å². The van der Waals surface area contributed by atoms with E-state index in [0.717, 1.165) is 12.8 Å². The smallest absolute Gasteiger partial charge is 0.194 e. The minimum absolute atomic E-state index is 0.0342. The molecule has 2 rings (SSSR count). The maximum absolute atomic E-state index is 11.5. The van der Waals surface area contributed by atoms with Crippen molar-refractivity contribution in [1.29, 1.82) is 0 Å². The number of aliphatic hydroxyl groups is 1. The van der Waals surface area contributed by atoms with Crippen molar-refractivity contribution in [1.82, 2.24) is 4.98 Å². The Morgan fingerprint density at radius 2 is 2.35 bits per heavy atom.